The topological polar surface area (TPSA) is 73.2 Å². The maximum absolute atomic E-state index is 12.6. The number of hydrogen-bond donors (Lipinski definition) is 1. The van der Waals surface area contributed by atoms with Crippen LogP contribution in [-0.2, 0) is 4.79 Å². The summed E-state index contributed by atoms with van der Waals surface area (Å²) in [7, 11) is 0. The summed E-state index contributed by atoms with van der Waals surface area (Å²) in [6.45, 7) is 0.186. The molecule has 0 bridgehead atoms. The predicted molar refractivity (Wildman–Crippen MR) is 80.9 cm³/mol. The van der Waals surface area contributed by atoms with Gasteiger partial charge >= 0.3 is 6.03 Å². The Morgan fingerprint density at radius 1 is 1.23 bits per heavy atom. The summed E-state index contributed by atoms with van der Waals surface area (Å²) in [5, 5.41) is 11.5. The molecule has 0 atom stereocenters. The van der Waals surface area contributed by atoms with Crippen LogP contribution in [0.1, 0.15) is 43.6 Å². The van der Waals surface area contributed by atoms with E-state index in [2.05, 4.69) is 17.4 Å². The monoisotopic (exact) mass is 297 g/mol. The molecule has 114 valence electrons. The molecule has 0 radical (unpaired) electrons. The van der Waals surface area contributed by atoms with Gasteiger partial charge in [0.2, 0.25) is 0 Å². The Balaban J connectivity index is 1.69. The van der Waals surface area contributed by atoms with Crippen molar-refractivity contribution in [3.05, 3.63) is 35.9 Å². The molecule has 0 aromatic heterocycles. The minimum atomic E-state index is -0.738. The van der Waals surface area contributed by atoms with E-state index in [1.54, 1.807) is 0 Å². The normalized spacial score (nSPS) is 27.8. The number of nitrogens with one attached hydrogen (secondary N) is 1. The molecule has 22 heavy (non-hydrogen) atoms. The first-order valence-electron chi connectivity index (χ1n) is 7.72. The lowest BCUT2D eigenvalue weighted by atomic mass is 9.74. The molecule has 1 saturated carbocycles. The second kappa shape index (κ2) is 5.80. The number of nitriles is 1. The molecule has 1 aromatic carbocycles. The van der Waals surface area contributed by atoms with Gasteiger partial charge in [-0.25, -0.2) is 4.79 Å². The highest BCUT2D eigenvalue weighted by molar-refractivity contribution is 6.07. The zero-order chi connectivity index (χ0) is 15.6. The fraction of sp³-hybridized carbons (Fsp3) is 0.471. The van der Waals surface area contributed by atoms with Gasteiger partial charge in [0.05, 0.1) is 12.5 Å². The van der Waals surface area contributed by atoms with Crippen LogP contribution in [0.4, 0.5) is 4.79 Å². The average molecular weight is 297 g/mol. The summed E-state index contributed by atoms with van der Waals surface area (Å²) in [6, 6.07) is 11.9. The van der Waals surface area contributed by atoms with Crippen molar-refractivity contribution in [1.29, 1.82) is 5.26 Å². The van der Waals surface area contributed by atoms with E-state index in [1.165, 1.54) is 10.5 Å². The van der Waals surface area contributed by atoms with Gasteiger partial charge in [0.1, 0.15) is 5.54 Å². The minimum Gasteiger partial charge on any atom is -0.323 e. The van der Waals surface area contributed by atoms with Crippen molar-refractivity contribution < 1.29 is 9.59 Å². The van der Waals surface area contributed by atoms with E-state index < -0.39 is 5.54 Å². The number of urea groups is 1. The molecule has 3 amide bonds. The van der Waals surface area contributed by atoms with Gasteiger partial charge in [-0.3, -0.25) is 9.69 Å². The molecule has 1 aliphatic heterocycles. The van der Waals surface area contributed by atoms with E-state index in [-0.39, 0.29) is 24.9 Å². The Hall–Kier alpha value is -2.35. The molecule has 2 fully saturated rings. The van der Waals surface area contributed by atoms with Crippen molar-refractivity contribution in [1.82, 2.24) is 10.2 Å². The molecule has 1 saturated heterocycles. The highest BCUT2D eigenvalue weighted by Crippen LogP contribution is 2.40. The number of rotatable bonds is 3. The first-order chi connectivity index (χ1) is 10.7. The molecular formula is C17H19N3O2. The number of carbonyl (C=O) groups is 2. The summed E-state index contributed by atoms with van der Waals surface area (Å²) < 4.78 is 0. The van der Waals surface area contributed by atoms with Crippen molar-refractivity contribution in [2.75, 3.05) is 6.54 Å². The Morgan fingerprint density at radius 3 is 2.55 bits per heavy atom. The van der Waals surface area contributed by atoms with Crippen LogP contribution in [0, 0.1) is 11.3 Å². The third-order valence-electron chi connectivity index (χ3n) is 4.80. The van der Waals surface area contributed by atoms with E-state index in [1.807, 2.05) is 24.3 Å². The van der Waals surface area contributed by atoms with Gasteiger partial charge in [0, 0.05) is 6.54 Å². The van der Waals surface area contributed by atoms with E-state index in [4.69, 9.17) is 5.26 Å². The van der Waals surface area contributed by atoms with E-state index in [0.717, 1.165) is 12.8 Å². The molecule has 1 N–H and O–H groups in total. The predicted octanol–water partition coefficient (Wildman–Crippen LogP) is 2.55. The lowest BCUT2D eigenvalue weighted by Gasteiger charge is -2.35. The molecule has 1 heterocycles. The third-order valence-corrected chi connectivity index (χ3v) is 4.80. The van der Waals surface area contributed by atoms with Crippen LogP contribution in [0.3, 0.4) is 0 Å². The van der Waals surface area contributed by atoms with Crippen LogP contribution >= 0.6 is 0 Å². The number of hydrogen-bond acceptors (Lipinski definition) is 3. The number of amides is 3. The summed E-state index contributed by atoms with van der Waals surface area (Å²) >= 11 is 0. The molecule has 0 unspecified atom stereocenters. The zero-order valence-corrected chi connectivity index (χ0v) is 12.4. The number of benzene rings is 1. The van der Waals surface area contributed by atoms with Gasteiger partial charge in [-0.2, -0.15) is 5.26 Å². The summed E-state index contributed by atoms with van der Waals surface area (Å²) in [5.41, 5.74) is 0.563. The maximum atomic E-state index is 12.6. The molecule has 3 rings (SSSR count). The van der Waals surface area contributed by atoms with Gasteiger partial charge in [-0.15, -0.1) is 0 Å². The maximum Gasteiger partial charge on any atom is 0.325 e. The van der Waals surface area contributed by atoms with Crippen molar-refractivity contribution in [3.63, 3.8) is 0 Å². The second-order valence-corrected chi connectivity index (χ2v) is 6.06. The van der Waals surface area contributed by atoms with Crippen LogP contribution in [0.25, 0.3) is 0 Å². The van der Waals surface area contributed by atoms with Gasteiger partial charge in [0.25, 0.3) is 5.91 Å². The number of nitrogens with zero attached hydrogens (tertiary/aromatic N) is 2. The number of imide groups is 1. The Kier molecular flexibility index (Phi) is 3.84. The van der Waals surface area contributed by atoms with Crippen LogP contribution in [0.5, 0.6) is 0 Å². The highest BCUT2D eigenvalue weighted by Gasteiger charge is 2.52. The van der Waals surface area contributed by atoms with Crippen molar-refractivity contribution in [3.8, 4) is 6.07 Å². The van der Waals surface area contributed by atoms with Crippen LogP contribution in [0.2, 0.25) is 0 Å². The fourth-order valence-corrected chi connectivity index (χ4v) is 3.55. The van der Waals surface area contributed by atoms with Crippen LogP contribution in [-0.4, -0.2) is 28.9 Å². The third kappa shape index (κ3) is 2.45. The second-order valence-electron chi connectivity index (χ2n) is 6.06. The summed E-state index contributed by atoms with van der Waals surface area (Å²) in [4.78, 5) is 25.8. The lowest BCUT2D eigenvalue weighted by Crippen LogP contribution is -2.49. The molecule has 2 aliphatic rings. The van der Waals surface area contributed by atoms with Gasteiger partial charge < -0.3 is 5.32 Å². The quantitative estimate of drug-likeness (QED) is 0.871. The molecule has 1 aromatic rings. The summed E-state index contributed by atoms with van der Waals surface area (Å²) in [6.07, 6.45) is 3.30. The molecule has 1 spiro atoms. The average Bonchev–Trinajstić information content (AvgIpc) is 2.78. The van der Waals surface area contributed by atoms with Crippen molar-refractivity contribution in [2.24, 2.45) is 0 Å². The zero-order valence-electron chi connectivity index (χ0n) is 12.4. The Morgan fingerprint density at radius 2 is 1.91 bits per heavy atom. The Labute approximate surface area is 129 Å². The highest BCUT2D eigenvalue weighted by atomic mass is 16.2. The van der Waals surface area contributed by atoms with Crippen molar-refractivity contribution >= 4 is 11.9 Å². The minimum absolute atomic E-state index is 0.153. The van der Waals surface area contributed by atoms with E-state index in [0.29, 0.717) is 18.8 Å². The molecule has 1 aliphatic carbocycles. The molecule has 5 heteroatoms. The molecule has 5 nitrogen and oxygen atoms in total. The lowest BCUT2D eigenvalue weighted by molar-refractivity contribution is -0.132. The van der Waals surface area contributed by atoms with Gasteiger partial charge in [-0.05, 0) is 37.2 Å². The molecular weight excluding hydrogens is 278 g/mol. The first-order valence-corrected chi connectivity index (χ1v) is 7.72. The SMILES string of the molecule is N#CCCN1C(=O)NC2(CCC(c3ccccc3)CC2)C1=O. The fourth-order valence-electron chi connectivity index (χ4n) is 3.55. The Bertz CT molecular complexity index is 613. The summed E-state index contributed by atoms with van der Waals surface area (Å²) in [5.74, 6) is 0.295. The van der Waals surface area contributed by atoms with Crippen LogP contribution < -0.4 is 5.32 Å². The van der Waals surface area contributed by atoms with E-state index >= 15 is 0 Å². The number of carbonyl (C=O) groups excluding carboxylic acids is 2. The largest absolute Gasteiger partial charge is 0.325 e. The smallest absolute Gasteiger partial charge is 0.323 e. The van der Waals surface area contributed by atoms with Crippen molar-refractivity contribution in [2.45, 2.75) is 43.6 Å². The van der Waals surface area contributed by atoms with E-state index in [9.17, 15) is 9.59 Å². The standard InChI is InChI=1S/C17H19N3O2/c18-11-4-12-20-15(21)17(19-16(20)22)9-7-14(8-10-17)13-5-2-1-3-6-13/h1-3,5-6,14H,4,7-10,12H2,(H,19,22). The van der Waals surface area contributed by atoms with Crippen LogP contribution in [0.15, 0.2) is 30.3 Å². The first kappa shape index (κ1) is 14.6. The van der Waals surface area contributed by atoms with Gasteiger partial charge in [0.15, 0.2) is 0 Å². The van der Waals surface area contributed by atoms with Gasteiger partial charge in [-0.1, -0.05) is 30.3 Å².